The largest absolute Gasteiger partial charge is 0.314 e. The maximum absolute atomic E-state index is 3.43. The quantitative estimate of drug-likeness (QED) is 0.792. The molecule has 0 aromatic carbocycles. The highest BCUT2D eigenvalue weighted by atomic mass is 15.2. The van der Waals surface area contributed by atoms with Crippen LogP contribution in [0, 0.1) is 11.8 Å². The Labute approximate surface area is 107 Å². The Morgan fingerprint density at radius 3 is 2.53 bits per heavy atom. The van der Waals surface area contributed by atoms with Gasteiger partial charge in [0.2, 0.25) is 0 Å². The van der Waals surface area contributed by atoms with Crippen molar-refractivity contribution in [3.05, 3.63) is 0 Å². The number of nitrogens with zero attached hydrogens (tertiary/aromatic N) is 1. The molecule has 100 valence electrons. The van der Waals surface area contributed by atoms with E-state index in [-0.39, 0.29) is 0 Å². The molecule has 2 fully saturated rings. The molecule has 2 heteroatoms. The molecule has 0 radical (unpaired) electrons. The molecule has 0 spiro atoms. The SMILES string of the molecule is CC(CCN1CCNCC1)CC1CCCCC1. The fourth-order valence-electron chi connectivity index (χ4n) is 3.45. The molecule has 1 heterocycles. The predicted molar refractivity (Wildman–Crippen MR) is 74.3 cm³/mol. The van der Waals surface area contributed by atoms with E-state index in [0.29, 0.717) is 0 Å². The van der Waals surface area contributed by atoms with E-state index in [9.17, 15) is 0 Å². The van der Waals surface area contributed by atoms with Crippen LogP contribution in [0.15, 0.2) is 0 Å². The highest BCUT2D eigenvalue weighted by molar-refractivity contribution is 4.72. The van der Waals surface area contributed by atoms with E-state index in [2.05, 4.69) is 17.1 Å². The van der Waals surface area contributed by atoms with E-state index in [1.54, 1.807) is 0 Å². The number of hydrogen-bond acceptors (Lipinski definition) is 2. The first-order valence-corrected chi connectivity index (χ1v) is 7.77. The zero-order chi connectivity index (χ0) is 11.9. The first kappa shape index (κ1) is 13.4. The minimum atomic E-state index is 0.938. The maximum atomic E-state index is 3.43. The highest BCUT2D eigenvalue weighted by Crippen LogP contribution is 2.29. The summed E-state index contributed by atoms with van der Waals surface area (Å²) in [6.07, 6.45) is 10.4. The molecule has 0 bridgehead atoms. The summed E-state index contributed by atoms with van der Waals surface area (Å²) in [4.78, 5) is 2.63. The van der Waals surface area contributed by atoms with Crippen molar-refractivity contribution in [3.63, 3.8) is 0 Å². The summed E-state index contributed by atoms with van der Waals surface area (Å²) in [5, 5.41) is 3.43. The lowest BCUT2D eigenvalue weighted by Gasteiger charge is -2.29. The summed E-state index contributed by atoms with van der Waals surface area (Å²) >= 11 is 0. The van der Waals surface area contributed by atoms with Crippen molar-refractivity contribution in [1.82, 2.24) is 10.2 Å². The molecule has 0 aromatic heterocycles. The second kappa shape index (κ2) is 7.38. The monoisotopic (exact) mass is 238 g/mol. The van der Waals surface area contributed by atoms with Crippen LogP contribution in [0.3, 0.4) is 0 Å². The van der Waals surface area contributed by atoms with Crippen LogP contribution in [-0.4, -0.2) is 37.6 Å². The Bertz CT molecular complexity index is 193. The molecule has 1 aliphatic carbocycles. The van der Waals surface area contributed by atoms with Crippen LogP contribution in [0.4, 0.5) is 0 Å². The molecule has 1 aliphatic heterocycles. The summed E-state index contributed by atoms with van der Waals surface area (Å²) in [5.74, 6) is 2.00. The Morgan fingerprint density at radius 2 is 1.82 bits per heavy atom. The normalized spacial score (nSPS) is 25.9. The van der Waals surface area contributed by atoms with Gasteiger partial charge in [-0.05, 0) is 31.2 Å². The number of piperazine rings is 1. The molecule has 2 aliphatic rings. The molecule has 1 atom stereocenters. The second-order valence-electron chi connectivity index (χ2n) is 6.23. The van der Waals surface area contributed by atoms with Gasteiger partial charge in [-0.3, -0.25) is 0 Å². The second-order valence-corrected chi connectivity index (χ2v) is 6.23. The van der Waals surface area contributed by atoms with Crippen LogP contribution in [0.2, 0.25) is 0 Å². The van der Waals surface area contributed by atoms with E-state index in [1.165, 1.54) is 77.7 Å². The molecule has 2 nitrogen and oxygen atoms in total. The first-order valence-electron chi connectivity index (χ1n) is 7.77. The summed E-state index contributed by atoms with van der Waals surface area (Å²) < 4.78 is 0. The van der Waals surface area contributed by atoms with Crippen molar-refractivity contribution in [3.8, 4) is 0 Å². The smallest absolute Gasteiger partial charge is 0.0107 e. The number of hydrogen-bond donors (Lipinski definition) is 1. The van der Waals surface area contributed by atoms with Crippen LogP contribution >= 0.6 is 0 Å². The fraction of sp³-hybridized carbons (Fsp3) is 1.00. The van der Waals surface area contributed by atoms with Crippen LogP contribution in [0.1, 0.15) is 51.9 Å². The summed E-state index contributed by atoms with van der Waals surface area (Å²) in [6.45, 7) is 8.70. The zero-order valence-corrected chi connectivity index (χ0v) is 11.6. The molecule has 1 saturated heterocycles. The summed E-state index contributed by atoms with van der Waals surface area (Å²) in [6, 6.07) is 0. The minimum Gasteiger partial charge on any atom is -0.314 e. The van der Waals surface area contributed by atoms with Gasteiger partial charge in [-0.1, -0.05) is 39.0 Å². The first-order chi connectivity index (χ1) is 8.34. The lowest BCUT2D eigenvalue weighted by atomic mass is 9.82. The predicted octanol–water partition coefficient (Wildman–Crippen LogP) is 2.89. The van der Waals surface area contributed by atoms with Gasteiger partial charge in [-0.15, -0.1) is 0 Å². The molecule has 1 unspecified atom stereocenters. The molecular weight excluding hydrogens is 208 g/mol. The maximum Gasteiger partial charge on any atom is 0.0107 e. The minimum absolute atomic E-state index is 0.938. The van der Waals surface area contributed by atoms with Crippen molar-refractivity contribution in [2.24, 2.45) is 11.8 Å². The van der Waals surface area contributed by atoms with Crippen molar-refractivity contribution in [1.29, 1.82) is 0 Å². The number of rotatable bonds is 5. The van der Waals surface area contributed by atoms with Gasteiger partial charge in [-0.2, -0.15) is 0 Å². The van der Waals surface area contributed by atoms with Crippen LogP contribution in [-0.2, 0) is 0 Å². The Hall–Kier alpha value is -0.0800. The van der Waals surface area contributed by atoms with E-state index in [4.69, 9.17) is 0 Å². The molecule has 0 aromatic rings. The van der Waals surface area contributed by atoms with Gasteiger partial charge in [0, 0.05) is 26.2 Å². The van der Waals surface area contributed by atoms with Gasteiger partial charge >= 0.3 is 0 Å². The van der Waals surface area contributed by atoms with Crippen molar-refractivity contribution >= 4 is 0 Å². The average Bonchev–Trinajstić information content (AvgIpc) is 2.39. The lowest BCUT2D eigenvalue weighted by Crippen LogP contribution is -2.44. The van der Waals surface area contributed by atoms with Crippen molar-refractivity contribution in [2.45, 2.75) is 51.9 Å². The van der Waals surface area contributed by atoms with Gasteiger partial charge in [0.15, 0.2) is 0 Å². The third-order valence-electron chi connectivity index (χ3n) is 4.61. The molecule has 17 heavy (non-hydrogen) atoms. The molecule has 2 rings (SSSR count). The molecule has 1 N–H and O–H groups in total. The van der Waals surface area contributed by atoms with Crippen LogP contribution < -0.4 is 5.32 Å². The fourth-order valence-corrected chi connectivity index (χ4v) is 3.45. The number of nitrogens with one attached hydrogen (secondary N) is 1. The lowest BCUT2D eigenvalue weighted by molar-refractivity contribution is 0.212. The topological polar surface area (TPSA) is 15.3 Å². The van der Waals surface area contributed by atoms with E-state index in [1.807, 2.05) is 0 Å². The third kappa shape index (κ3) is 4.97. The van der Waals surface area contributed by atoms with Crippen LogP contribution in [0.5, 0.6) is 0 Å². The van der Waals surface area contributed by atoms with Crippen molar-refractivity contribution < 1.29 is 0 Å². The molecule has 1 saturated carbocycles. The summed E-state index contributed by atoms with van der Waals surface area (Å²) in [5.41, 5.74) is 0. The zero-order valence-electron chi connectivity index (χ0n) is 11.6. The van der Waals surface area contributed by atoms with Crippen LogP contribution in [0.25, 0.3) is 0 Å². The molecule has 0 amide bonds. The van der Waals surface area contributed by atoms with Gasteiger partial charge in [0.1, 0.15) is 0 Å². The van der Waals surface area contributed by atoms with Crippen molar-refractivity contribution in [2.75, 3.05) is 32.7 Å². The highest BCUT2D eigenvalue weighted by Gasteiger charge is 2.17. The van der Waals surface area contributed by atoms with E-state index < -0.39 is 0 Å². The Balaban J connectivity index is 1.57. The van der Waals surface area contributed by atoms with Gasteiger partial charge in [-0.25, -0.2) is 0 Å². The Morgan fingerprint density at radius 1 is 1.12 bits per heavy atom. The standard InChI is InChI=1S/C15H30N2/c1-14(13-15-5-3-2-4-6-15)7-10-17-11-8-16-9-12-17/h14-16H,2-13H2,1H3. The van der Waals surface area contributed by atoms with E-state index in [0.717, 1.165) is 11.8 Å². The Kier molecular flexibility index (Phi) is 5.79. The average molecular weight is 238 g/mol. The third-order valence-corrected chi connectivity index (χ3v) is 4.61. The van der Waals surface area contributed by atoms with E-state index >= 15 is 0 Å². The van der Waals surface area contributed by atoms with Gasteiger partial charge in [0.05, 0.1) is 0 Å². The molecular formula is C15H30N2. The summed E-state index contributed by atoms with van der Waals surface area (Å²) in [7, 11) is 0. The van der Waals surface area contributed by atoms with Gasteiger partial charge in [0.25, 0.3) is 0 Å². The van der Waals surface area contributed by atoms with Gasteiger partial charge < -0.3 is 10.2 Å².